The first kappa shape index (κ1) is 16.4. The first-order valence-electron chi connectivity index (χ1n) is 7.98. The lowest BCUT2D eigenvalue weighted by atomic mass is 10.1. The van der Waals surface area contributed by atoms with Crippen LogP contribution in [-0.4, -0.2) is 10.9 Å². The molecule has 2 aromatic carbocycles. The second-order valence-electron chi connectivity index (χ2n) is 5.94. The summed E-state index contributed by atoms with van der Waals surface area (Å²) in [6, 6.07) is 16.5. The fraction of sp³-hybridized carbons (Fsp3) is 0.200. The normalized spacial score (nSPS) is 10.6. The van der Waals surface area contributed by atoms with Gasteiger partial charge in [-0.2, -0.15) is 0 Å². The molecule has 1 aromatic heterocycles. The molecular formula is C20H20N2OS. The number of nitrogens with one attached hydrogen (secondary N) is 1. The lowest BCUT2D eigenvalue weighted by Crippen LogP contribution is -2.12. The summed E-state index contributed by atoms with van der Waals surface area (Å²) in [6.45, 7) is 4.12. The van der Waals surface area contributed by atoms with Crippen molar-refractivity contribution < 1.29 is 4.79 Å². The number of hydrogen-bond donors (Lipinski definition) is 1. The summed E-state index contributed by atoms with van der Waals surface area (Å²) in [5.74, 6) is 0.000353. The fourth-order valence-electron chi connectivity index (χ4n) is 2.38. The van der Waals surface area contributed by atoms with Crippen LogP contribution < -0.4 is 5.32 Å². The van der Waals surface area contributed by atoms with Crippen molar-refractivity contribution in [3.05, 3.63) is 70.6 Å². The van der Waals surface area contributed by atoms with Gasteiger partial charge in [-0.05, 0) is 25.8 Å². The van der Waals surface area contributed by atoms with E-state index in [0.29, 0.717) is 11.6 Å². The van der Waals surface area contributed by atoms with Gasteiger partial charge in [0.2, 0.25) is 5.91 Å². The number of nitrogens with zero attached hydrogens (tertiary/aromatic N) is 1. The molecule has 0 unspecified atom stereocenters. The van der Waals surface area contributed by atoms with Gasteiger partial charge >= 0.3 is 0 Å². The van der Waals surface area contributed by atoms with E-state index in [9.17, 15) is 4.79 Å². The maximum atomic E-state index is 12.1. The molecule has 0 aliphatic carbocycles. The second kappa shape index (κ2) is 7.41. The molecule has 0 fully saturated rings. The largest absolute Gasteiger partial charge is 0.302 e. The number of rotatable bonds is 5. The maximum absolute atomic E-state index is 12.1. The van der Waals surface area contributed by atoms with Gasteiger partial charge in [0.15, 0.2) is 5.13 Å². The number of thiazole rings is 1. The first-order valence-corrected chi connectivity index (χ1v) is 8.86. The van der Waals surface area contributed by atoms with Crippen LogP contribution in [0.25, 0.3) is 11.3 Å². The van der Waals surface area contributed by atoms with Crippen LogP contribution in [0.1, 0.15) is 23.1 Å². The van der Waals surface area contributed by atoms with Crippen molar-refractivity contribution >= 4 is 22.4 Å². The lowest BCUT2D eigenvalue weighted by Gasteiger charge is -2.03. The second-order valence-corrected chi connectivity index (χ2v) is 6.80. The highest BCUT2D eigenvalue weighted by molar-refractivity contribution is 7.14. The van der Waals surface area contributed by atoms with E-state index < -0.39 is 0 Å². The Kier molecular flexibility index (Phi) is 5.06. The SMILES string of the molecule is Cc1ccc(CCC(=O)Nc2nc(-c3ccc(C)cc3)cs2)cc1. The van der Waals surface area contributed by atoms with Crippen LogP contribution in [0.5, 0.6) is 0 Å². The van der Waals surface area contributed by atoms with Gasteiger partial charge < -0.3 is 5.32 Å². The monoisotopic (exact) mass is 336 g/mol. The van der Waals surface area contributed by atoms with Crippen LogP contribution in [0, 0.1) is 13.8 Å². The molecule has 3 rings (SSSR count). The third-order valence-electron chi connectivity index (χ3n) is 3.86. The van der Waals surface area contributed by atoms with E-state index >= 15 is 0 Å². The minimum absolute atomic E-state index is 0.000353. The van der Waals surface area contributed by atoms with Gasteiger partial charge in [-0.25, -0.2) is 4.98 Å². The maximum Gasteiger partial charge on any atom is 0.226 e. The molecule has 0 saturated carbocycles. The number of carbonyl (C=O) groups is 1. The van der Waals surface area contributed by atoms with E-state index in [0.717, 1.165) is 17.7 Å². The molecule has 0 bridgehead atoms. The van der Waals surface area contributed by atoms with Crippen LogP contribution in [0.2, 0.25) is 0 Å². The molecule has 3 nitrogen and oxygen atoms in total. The summed E-state index contributed by atoms with van der Waals surface area (Å²) >= 11 is 1.46. The van der Waals surface area contributed by atoms with Crippen LogP contribution in [0.4, 0.5) is 5.13 Å². The molecule has 3 aromatic rings. The summed E-state index contributed by atoms with van der Waals surface area (Å²) in [4.78, 5) is 16.6. The van der Waals surface area contributed by atoms with Crippen molar-refractivity contribution in [3.8, 4) is 11.3 Å². The van der Waals surface area contributed by atoms with Gasteiger partial charge in [-0.1, -0.05) is 59.7 Å². The minimum atomic E-state index is 0.000353. The highest BCUT2D eigenvalue weighted by Crippen LogP contribution is 2.25. The first-order chi connectivity index (χ1) is 11.6. The molecule has 0 aliphatic heterocycles. The zero-order valence-electron chi connectivity index (χ0n) is 13.9. The number of amides is 1. The van der Waals surface area contributed by atoms with Gasteiger partial charge in [0, 0.05) is 17.4 Å². The van der Waals surface area contributed by atoms with Crippen molar-refractivity contribution in [2.24, 2.45) is 0 Å². The number of anilines is 1. The van der Waals surface area contributed by atoms with E-state index in [-0.39, 0.29) is 5.91 Å². The predicted octanol–water partition coefficient (Wildman–Crippen LogP) is 5.00. The average Bonchev–Trinajstić information content (AvgIpc) is 3.03. The molecule has 1 heterocycles. The Morgan fingerprint density at radius 3 is 2.29 bits per heavy atom. The van der Waals surface area contributed by atoms with E-state index in [4.69, 9.17) is 0 Å². The Hall–Kier alpha value is -2.46. The Balaban J connectivity index is 1.57. The molecule has 0 saturated heterocycles. The van der Waals surface area contributed by atoms with Crippen LogP contribution in [-0.2, 0) is 11.2 Å². The van der Waals surface area contributed by atoms with E-state index in [1.54, 1.807) is 0 Å². The summed E-state index contributed by atoms with van der Waals surface area (Å²) < 4.78 is 0. The molecule has 1 amide bonds. The molecular weight excluding hydrogens is 316 g/mol. The van der Waals surface area contributed by atoms with Gasteiger partial charge in [0.25, 0.3) is 0 Å². The van der Waals surface area contributed by atoms with Gasteiger partial charge in [0.05, 0.1) is 5.69 Å². The third-order valence-corrected chi connectivity index (χ3v) is 4.62. The van der Waals surface area contributed by atoms with Crippen molar-refractivity contribution in [2.75, 3.05) is 5.32 Å². The van der Waals surface area contributed by atoms with Gasteiger partial charge in [0.1, 0.15) is 0 Å². The molecule has 0 aliphatic rings. The van der Waals surface area contributed by atoms with E-state index in [1.807, 2.05) is 17.5 Å². The van der Waals surface area contributed by atoms with Crippen LogP contribution >= 0.6 is 11.3 Å². The Morgan fingerprint density at radius 2 is 1.62 bits per heavy atom. The Labute approximate surface area is 146 Å². The highest BCUT2D eigenvalue weighted by atomic mass is 32.1. The topological polar surface area (TPSA) is 42.0 Å². The summed E-state index contributed by atoms with van der Waals surface area (Å²) in [6.07, 6.45) is 1.20. The minimum Gasteiger partial charge on any atom is -0.302 e. The van der Waals surface area contributed by atoms with E-state index in [2.05, 4.69) is 60.5 Å². The highest BCUT2D eigenvalue weighted by Gasteiger charge is 2.08. The standard InChI is InChI=1S/C20H20N2OS/c1-14-3-7-16(8-4-14)9-12-19(23)22-20-21-18(13-24-20)17-10-5-15(2)6-11-17/h3-8,10-11,13H,9,12H2,1-2H3,(H,21,22,23). The summed E-state index contributed by atoms with van der Waals surface area (Å²) in [7, 11) is 0. The molecule has 24 heavy (non-hydrogen) atoms. The molecule has 122 valence electrons. The average molecular weight is 336 g/mol. The van der Waals surface area contributed by atoms with E-state index in [1.165, 1.54) is 28.0 Å². The van der Waals surface area contributed by atoms with Gasteiger partial charge in [-0.3, -0.25) is 4.79 Å². The Bertz CT molecular complexity index is 820. The molecule has 0 spiro atoms. The zero-order chi connectivity index (χ0) is 16.9. The Morgan fingerprint density at radius 1 is 1.00 bits per heavy atom. The molecule has 1 N–H and O–H groups in total. The number of hydrogen-bond acceptors (Lipinski definition) is 3. The molecule has 0 radical (unpaired) electrons. The smallest absolute Gasteiger partial charge is 0.226 e. The predicted molar refractivity (Wildman–Crippen MR) is 100 cm³/mol. The summed E-state index contributed by atoms with van der Waals surface area (Å²) in [5.41, 5.74) is 5.59. The molecule has 0 atom stereocenters. The van der Waals surface area contributed by atoms with Crippen LogP contribution in [0.3, 0.4) is 0 Å². The van der Waals surface area contributed by atoms with Crippen LogP contribution in [0.15, 0.2) is 53.9 Å². The summed E-state index contributed by atoms with van der Waals surface area (Å²) in [5, 5.41) is 5.52. The van der Waals surface area contributed by atoms with Crippen molar-refractivity contribution in [1.82, 2.24) is 4.98 Å². The van der Waals surface area contributed by atoms with Crippen molar-refractivity contribution in [2.45, 2.75) is 26.7 Å². The number of carbonyl (C=O) groups excluding carboxylic acids is 1. The third kappa shape index (κ3) is 4.30. The molecule has 4 heteroatoms. The van der Waals surface area contributed by atoms with Crippen molar-refractivity contribution in [1.29, 1.82) is 0 Å². The van der Waals surface area contributed by atoms with Crippen molar-refractivity contribution in [3.63, 3.8) is 0 Å². The lowest BCUT2D eigenvalue weighted by molar-refractivity contribution is -0.116. The number of benzene rings is 2. The van der Waals surface area contributed by atoms with Gasteiger partial charge in [-0.15, -0.1) is 11.3 Å². The number of aryl methyl sites for hydroxylation is 3. The fourth-order valence-corrected chi connectivity index (χ4v) is 3.12. The quantitative estimate of drug-likeness (QED) is 0.712. The number of aromatic nitrogens is 1. The zero-order valence-corrected chi connectivity index (χ0v) is 14.7.